The Balaban J connectivity index is 1.62. The van der Waals surface area contributed by atoms with Crippen molar-refractivity contribution < 1.29 is 13.9 Å². The van der Waals surface area contributed by atoms with Gasteiger partial charge in [0, 0.05) is 38.1 Å². The van der Waals surface area contributed by atoms with E-state index in [-0.39, 0.29) is 11.6 Å². The summed E-state index contributed by atoms with van der Waals surface area (Å²) in [5.41, 5.74) is 3.94. The molecule has 4 rings (SSSR count). The van der Waals surface area contributed by atoms with Gasteiger partial charge < -0.3 is 25.7 Å². The summed E-state index contributed by atoms with van der Waals surface area (Å²) < 4.78 is 19.3. The fourth-order valence-electron chi connectivity index (χ4n) is 3.72. The molecule has 3 N–H and O–H groups in total. The maximum atomic E-state index is 13.3. The van der Waals surface area contributed by atoms with Gasteiger partial charge in [-0.2, -0.15) is 0 Å². The molecular weight excluding hydrogens is 431 g/mol. The minimum Gasteiger partial charge on any atom is -0.449 e. The third kappa shape index (κ3) is 5.68. The maximum Gasteiger partial charge on any atom is 0.293 e. The third-order valence-corrected chi connectivity index (χ3v) is 5.59. The average molecular weight is 459 g/mol. The summed E-state index contributed by atoms with van der Waals surface area (Å²) in [6.07, 6.45) is 1.17. The number of allylic oxidation sites excluding steroid dienone is 1. The Morgan fingerprint density at radius 3 is 2.15 bits per heavy atom. The smallest absolute Gasteiger partial charge is 0.293 e. The van der Waals surface area contributed by atoms with Crippen molar-refractivity contribution in [3.05, 3.63) is 95.6 Å². The van der Waals surface area contributed by atoms with E-state index in [1.807, 2.05) is 48.2 Å². The summed E-state index contributed by atoms with van der Waals surface area (Å²) in [4.78, 5) is 15.3. The Morgan fingerprint density at radius 1 is 0.971 bits per heavy atom. The Labute approximate surface area is 198 Å². The molecule has 0 unspecified atom stereocenters. The van der Waals surface area contributed by atoms with Crippen LogP contribution in [0.15, 0.2) is 84.3 Å². The van der Waals surface area contributed by atoms with Crippen LogP contribution < -0.4 is 15.4 Å². The predicted molar refractivity (Wildman–Crippen MR) is 133 cm³/mol. The molecule has 1 aliphatic heterocycles. The number of ether oxygens (including phenoxy) is 1. The van der Waals surface area contributed by atoms with Crippen molar-refractivity contribution in [1.29, 1.82) is 5.41 Å². The number of carbonyl (C=O) groups excluding carboxylic acids is 1. The van der Waals surface area contributed by atoms with Gasteiger partial charge in [-0.1, -0.05) is 42.0 Å². The summed E-state index contributed by atoms with van der Waals surface area (Å²) in [5.74, 6) is -0.185. The molecule has 3 aromatic rings. The number of aryl methyl sites for hydroxylation is 1. The van der Waals surface area contributed by atoms with Crippen LogP contribution in [0.25, 0.3) is 11.1 Å². The molecule has 0 bridgehead atoms. The van der Waals surface area contributed by atoms with Gasteiger partial charge in [0.2, 0.25) is 5.76 Å². The highest BCUT2D eigenvalue weighted by Gasteiger charge is 2.23. The summed E-state index contributed by atoms with van der Waals surface area (Å²) in [6.45, 7) is 4.83. The summed E-state index contributed by atoms with van der Waals surface area (Å²) >= 11 is 0. The van der Waals surface area contributed by atoms with E-state index < -0.39 is 5.91 Å². The molecule has 0 radical (unpaired) electrons. The molecule has 0 aromatic heterocycles. The van der Waals surface area contributed by atoms with E-state index in [1.165, 1.54) is 18.3 Å². The lowest BCUT2D eigenvalue weighted by molar-refractivity contribution is -0.115. The number of hydrogen-bond acceptors (Lipinski definition) is 5. The molecule has 1 saturated heterocycles. The molecule has 174 valence electrons. The molecule has 6 nitrogen and oxygen atoms in total. The minimum atomic E-state index is -0.427. The minimum absolute atomic E-state index is 0.0620. The maximum absolute atomic E-state index is 13.3. The van der Waals surface area contributed by atoms with Crippen LogP contribution in [0, 0.1) is 18.2 Å². The summed E-state index contributed by atoms with van der Waals surface area (Å²) in [6, 6.07) is 21.0. The zero-order chi connectivity index (χ0) is 23.9. The SMILES string of the molecule is Cc1ccc(NC(=O)/C(Oc2ccc(-c3ccc(F)cc3)cc2)=C(\C=N)N2CCNCC2)cc1. The number of carbonyl (C=O) groups is 1. The molecule has 3 aromatic carbocycles. The van der Waals surface area contributed by atoms with Crippen LogP contribution in [-0.2, 0) is 4.79 Å². The van der Waals surface area contributed by atoms with Gasteiger partial charge >= 0.3 is 0 Å². The Bertz CT molecular complexity index is 1170. The molecule has 1 fully saturated rings. The first-order valence-corrected chi connectivity index (χ1v) is 11.2. The van der Waals surface area contributed by atoms with Crippen LogP contribution in [-0.4, -0.2) is 43.2 Å². The number of halogens is 1. The molecule has 1 amide bonds. The highest BCUT2D eigenvalue weighted by molar-refractivity contribution is 6.05. The van der Waals surface area contributed by atoms with Crippen molar-refractivity contribution in [1.82, 2.24) is 10.2 Å². The molecule has 0 saturated carbocycles. The van der Waals surface area contributed by atoms with Gasteiger partial charge in [-0.05, 0) is 54.4 Å². The Morgan fingerprint density at radius 2 is 1.56 bits per heavy atom. The van der Waals surface area contributed by atoms with Gasteiger partial charge in [0.1, 0.15) is 17.3 Å². The van der Waals surface area contributed by atoms with Gasteiger partial charge in [0.05, 0.1) is 0 Å². The van der Waals surface area contributed by atoms with Crippen LogP contribution in [0.4, 0.5) is 10.1 Å². The van der Waals surface area contributed by atoms with Crippen molar-refractivity contribution in [2.75, 3.05) is 31.5 Å². The second-order valence-corrected chi connectivity index (χ2v) is 8.05. The number of benzene rings is 3. The fraction of sp³-hybridized carbons (Fsp3) is 0.185. The third-order valence-electron chi connectivity index (χ3n) is 5.59. The van der Waals surface area contributed by atoms with Crippen LogP contribution in [0.3, 0.4) is 0 Å². The number of nitrogens with zero attached hydrogens (tertiary/aromatic N) is 1. The van der Waals surface area contributed by atoms with E-state index in [2.05, 4.69) is 10.6 Å². The lowest BCUT2D eigenvalue weighted by Gasteiger charge is -2.30. The van der Waals surface area contributed by atoms with Crippen LogP contribution >= 0.6 is 0 Å². The molecule has 1 aliphatic rings. The van der Waals surface area contributed by atoms with Crippen LogP contribution in [0.2, 0.25) is 0 Å². The number of hydrogen-bond donors (Lipinski definition) is 3. The summed E-state index contributed by atoms with van der Waals surface area (Å²) in [5, 5.41) is 14.2. The molecule has 0 atom stereocenters. The van der Waals surface area contributed by atoms with E-state index in [0.29, 0.717) is 30.2 Å². The zero-order valence-corrected chi connectivity index (χ0v) is 19.0. The lowest BCUT2D eigenvalue weighted by Crippen LogP contribution is -2.44. The van der Waals surface area contributed by atoms with Gasteiger partial charge in [-0.25, -0.2) is 4.39 Å². The van der Waals surface area contributed by atoms with Crippen molar-refractivity contribution in [2.24, 2.45) is 0 Å². The van der Waals surface area contributed by atoms with E-state index in [1.54, 1.807) is 24.3 Å². The Hall–Kier alpha value is -3.97. The van der Waals surface area contributed by atoms with E-state index in [0.717, 1.165) is 29.8 Å². The first-order chi connectivity index (χ1) is 16.5. The Kier molecular flexibility index (Phi) is 7.34. The zero-order valence-electron chi connectivity index (χ0n) is 19.0. The van der Waals surface area contributed by atoms with Crippen LogP contribution in [0.1, 0.15) is 5.56 Å². The van der Waals surface area contributed by atoms with Gasteiger partial charge in [-0.3, -0.25) is 4.79 Å². The number of nitrogens with one attached hydrogen (secondary N) is 3. The highest BCUT2D eigenvalue weighted by atomic mass is 19.1. The van der Waals surface area contributed by atoms with Crippen molar-refractivity contribution in [3.8, 4) is 16.9 Å². The highest BCUT2D eigenvalue weighted by Crippen LogP contribution is 2.25. The van der Waals surface area contributed by atoms with Gasteiger partial charge in [-0.15, -0.1) is 0 Å². The normalized spacial score (nSPS) is 14.2. The molecule has 0 spiro atoms. The standard InChI is InChI=1S/C27H27FN4O2/c1-19-2-10-23(11-3-19)31-27(33)26(25(18-29)32-16-14-30-15-17-32)34-24-12-6-21(7-13-24)20-4-8-22(28)9-5-20/h2-13,18,29-30H,14-17H2,1H3,(H,31,33)/b26-25-,29-18?. The molecule has 0 aliphatic carbocycles. The average Bonchev–Trinajstić information content (AvgIpc) is 2.87. The number of amides is 1. The predicted octanol–water partition coefficient (Wildman–Crippen LogP) is 4.58. The number of anilines is 1. The van der Waals surface area contributed by atoms with E-state index >= 15 is 0 Å². The van der Waals surface area contributed by atoms with Gasteiger partial charge in [0.15, 0.2) is 0 Å². The largest absolute Gasteiger partial charge is 0.449 e. The molecule has 1 heterocycles. The van der Waals surface area contributed by atoms with Crippen molar-refractivity contribution in [2.45, 2.75) is 6.92 Å². The fourth-order valence-corrected chi connectivity index (χ4v) is 3.72. The lowest BCUT2D eigenvalue weighted by atomic mass is 10.1. The first-order valence-electron chi connectivity index (χ1n) is 11.2. The number of rotatable bonds is 7. The van der Waals surface area contributed by atoms with E-state index in [9.17, 15) is 9.18 Å². The van der Waals surface area contributed by atoms with Crippen molar-refractivity contribution in [3.63, 3.8) is 0 Å². The topological polar surface area (TPSA) is 77.5 Å². The summed E-state index contributed by atoms with van der Waals surface area (Å²) in [7, 11) is 0. The second-order valence-electron chi connectivity index (χ2n) is 8.05. The van der Waals surface area contributed by atoms with Gasteiger partial charge in [0.25, 0.3) is 5.91 Å². The first kappa shape index (κ1) is 23.2. The second kappa shape index (κ2) is 10.8. The van der Waals surface area contributed by atoms with Crippen LogP contribution in [0.5, 0.6) is 5.75 Å². The molecule has 7 heteroatoms. The molecular formula is C27H27FN4O2. The monoisotopic (exact) mass is 458 g/mol. The van der Waals surface area contributed by atoms with Crippen molar-refractivity contribution >= 4 is 17.8 Å². The quantitative estimate of drug-likeness (QED) is 0.275. The number of piperazine rings is 1. The van der Waals surface area contributed by atoms with E-state index in [4.69, 9.17) is 10.1 Å². The molecule has 34 heavy (non-hydrogen) atoms.